The number of carbonyl (C=O) groups excluding carboxylic acids is 1. The molecule has 196 valence electrons. The van der Waals surface area contributed by atoms with E-state index in [9.17, 15) is 26.7 Å². The Kier molecular flexibility index (Phi) is 6.63. The average Bonchev–Trinajstić information content (AvgIpc) is 3.36. The minimum atomic E-state index is -4.80. The first-order valence-electron chi connectivity index (χ1n) is 12.2. The summed E-state index contributed by atoms with van der Waals surface area (Å²) in [5.41, 5.74) is 2.15. The van der Waals surface area contributed by atoms with Crippen LogP contribution >= 0.6 is 0 Å². The zero-order chi connectivity index (χ0) is 27.1. The van der Waals surface area contributed by atoms with Gasteiger partial charge in [0, 0.05) is 18.4 Å². The lowest BCUT2D eigenvalue weighted by Gasteiger charge is -2.28. The number of pyridine rings is 1. The molecule has 4 nitrogen and oxygen atoms in total. The number of nitrogens with zero attached hydrogens (tertiary/aromatic N) is 3. The maximum Gasteiger partial charge on any atom is 0.434 e. The van der Waals surface area contributed by atoms with E-state index in [4.69, 9.17) is 0 Å². The Hall–Kier alpha value is -3.88. The van der Waals surface area contributed by atoms with E-state index in [1.807, 2.05) is 48.5 Å². The third-order valence-corrected chi connectivity index (χ3v) is 6.98. The van der Waals surface area contributed by atoms with Crippen molar-refractivity contribution in [1.29, 1.82) is 0 Å². The monoisotopic (exact) mass is 525 g/mol. The van der Waals surface area contributed by atoms with Crippen LogP contribution in [0.5, 0.6) is 0 Å². The number of benzene rings is 2. The van der Waals surface area contributed by atoms with Crippen molar-refractivity contribution < 1.29 is 26.7 Å². The van der Waals surface area contributed by atoms with Gasteiger partial charge in [-0.2, -0.15) is 18.3 Å². The topological polar surface area (TPSA) is 47.8 Å². The lowest BCUT2D eigenvalue weighted by molar-refractivity contribution is -0.143. The normalized spacial score (nSPS) is 15.9. The van der Waals surface area contributed by atoms with Crippen LogP contribution in [0.1, 0.15) is 60.1 Å². The minimum absolute atomic E-state index is 0.0680. The Morgan fingerprint density at radius 1 is 0.921 bits per heavy atom. The Bertz CT molecular complexity index is 1460. The number of carbonyl (C=O) groups is 1. The molecular weight excluding hydrogens is 501 g/mol. The van der Waals surface area contributed by atoms with Gasteiger partial charge in [-0.15, -0.1) is 0 Å². The summed E-state index contributed by atoms with van der Waals surface area (Å²) >= 11 is 0. The molecular formula is C29H24F5N3O. The second-order valence-corrected chi connectivity index (χ2v) is 9.55. The van der Waals surface area contributed by atoms with Gasteiger partial charge in [-0.25, -0.2) is 18.4 Å². The SMILES string of the molecule is CC(=O)c1cnn(-c2cccc(-c3ccccc3-c3ccc(C4CCC(F)(F)CC4)cc3)n2)c1C(F)(F)F. The van der Waals surface area contributed by atoms with Crippen molar-refractivity contribution in [3.8, 4) is 28.2 Å². The predicted molar refractivity (Wildman–Crippen MR) is 133 cm³/mol. The highest BCUT2D eigenvalue weighted by atomic mass is 19.4. The molecule has 1 saturated carbocycles. The lowest BCUT2D eigenvalue weighted by atomic mass is 9.82. The molecule has 0 amide bonds. The van der Waals surface area contributed by atoms with E-state index in [1.54, 1.807) is 12.1 Å². The third-order valence-electron chi connectivity index (χ3n) is 6.98. The Labute approximate surface area is 216 Å². The summed E-state index contributed by atoms with van der Waals surface area (Å²) < 4.78 is 69.2. The van der Waals surface area contributed by atoms with E-state index in [2.05, 4.69) is 10.1 Å². The molecule has 38 heavy (non-hydrogen) atoms. The number of hydrogen-bond acceptors (Lipinski definition) is 3. The van der Waals surface area contributed by atoms with Crippen molar-refractivity contribution >= 4 is 5.78 Å². The van der Waals surface area contributed by atoms with Crippen LogP contribution < -0.4 is 0 Å². The molecule has 4 aromatic rings. The van der Waals surface area contributed by atoms with Crippen molar-refractivity contribution in [3.63, 3.8) is 0 Å². The van der Waals surface area contributed by atoms with Gasteiger partial charge in [0.25, 0.3) is 0 Å². The number of Topliss-reactive ketones (excluding diaryl/α,β-unsaturated/α-hetero) is 1. The number of alkyl halides is 5. The molecule has 0 bridgehead atoms. The molecule has 0 atom stereocenters. The number of aromatic nitrogens is 3. The molecule has 2 aromatic carbocycles. The van der Waals surface area contributed by atoms with Gasteiger partial charge in [-0.05, 0) is 54.5 Å². The first-order chi connectivity index (χ1) is 18.0. The number of halogens is 5. The highest BCUT2D eigenvalue weighted by molar-refractivity contribution is 5.95. The van der Waals surface area contributed by atoms with Crippen LogP contribution in [-0.2, 0) is 6.18 Å². The van der Waals surface area contributed by atoms with Crippen LogP contribution in [0.15, 0.2) is 72.9 Å². The highest BCUT2D eigenvalue weighted by Crippen LogP contribution is 2.41. The molecule has 0 radical (unpaired) electrons. The van der Waals surface area contributed by atoms with Crippen LogP contribution in [0.3, 0.4) is 0 Å². The van der Waals surface area contributed by atoms with Gasteiger partial charge in [0.15, 0.2) is 17.3 Å². The maximum absolute atomic E-state index is 13.8. The van der Waals surface area contributed by atoms with Gasteiger partial charge in [0.05, 0.1) is 17.5 Å². The number of hydrogen-bond donors (Lipinski definition) is 0. The van der Waals surface area contributed by atoms with Crippen molar-refractivity contribution in [1.82, 2.24) is 14.8 Å². The molecule has 5 rings (SSSR count). The van der Waals surface area contributed by atoms with Gasteiger partial charge in [-0.1, -0.05) is 54.6 Å². The second kappa shape index (κ2) is 9.78. The molecule has 9 heteroatoms. The third kappa shape index (κ3) is 5.10. The minimum Gasteiger partial charge on any atom is -0.294 e. The smallest absolute Gasteiger partial charge is 0.294 e. The number of rotatable bonds is 5. The highest BCUT2D eigenvalue weighted by Gasteiger charge is 2.40. The van der Waals surface area contributed by atoms with Gasteiger partial charge in [0.2, 0.25) is 5.92 Å². The Balaban J connectivity index is 1.49. The van der Waals surface area contributed by atoms with Crippen molar-refractivity contribution in [3.05, 3.63) is 89.7 Å². The van der Waals surface area contributed by atoms with Crippen molar-refractivity contribution in [2.75, 3.05) is 0 Å². The molecule has 0 saturated heterocycles. The van der Waals surface area contributed by atoms with E-state index in [1.165, 1.54) is 6.07 Å². The van der Waals surface area contributed by atoms with Gasteiger partial charge < -0.3 is 0 Å². The summed E-state index contributed by atoms with van der Waals surface area (Å²) in [5, 5.41) is 3.82. The summed E-state index contributed by atoms with van der Waals surface area (Å²) in [6.45, 7) is 1.06. The van der Waals surface area contributed by atoms with E-state index in [-0.39, 0.29) is 24.6 Å². The zero-order valence-corrected chi connectivity index (χ0v) is 20.5. The summed E-state index contributed by atoms with van der Waals surface area (Å²) in [5.74, 6) is -3.30. The Morgan fingerprint density at radius 3 is 2.21 bits per heavy atom. The summed E-state index contributed by atoms with van der Waals surface area (Å²) in [4.78, 5) is 16.3. The average molecular weight is 526 g/mol. The van der Waals surface area contributed by atoms with Crippen LogP contribution in [0, 0.1) is 0 Å². The fraction of sp³-hybridized carbons (Fsp3) is 0.276. The second-order valence-electron chi connectivity index (χ2n) is 9.55. The lowest BCUT2D eigenvalue weighted by Crippen LogP contribution is -2.23. The fourth-order valence-electron chi connectivity index (χ4n) is 5.01. The molecule has 0 unspecified atom stereocenters. The summed E-state index contributed by atoms with van der Waals surface area (Å²) in [6.07, 6.45) is -3.23. The van der Waals surface area contributed by atoms with Crippen LogP contribution in [0.4, 0.5) is 22.0 Å². The standard InChI is InChI=1S/C29H24F5N3O/c1-18(38)24-17-35-37(27(24)29(32,33)34)26-8-4-7-25(36-26)23-6-3-2-5-22(23)21-11-9-19(10-12-21)20-13-15-28(30,31)16-14-20/h2-12,17,20H,13-16H2,1H3. The largest absolute Gasteiger partial charge is 0.434 e. The summed E-state index contributed by atoms with van der Waals surface area (Å²) in [6, 6.07) is 19.8. The molecule has 0 spiro atoms. The molecule has 1 fully saturated rings. The van der Waals surface area contributed by atoms with Crippen LogP contribution in [0.2, 0.25) is 0 Å². The van der Waals surface area contributed by atoms with Crippen LogP contribution in [-0.4, -0.2) is 26.5 Å². The van der Waals surface area contributed by atoms with E-state index in [0.717, 1.165) is 29.8 Å². The maximum atomic E-state index is 13.8. The molecule has 0 N–H and O–H groups in total. The molecule has 1 aliphatic carbocycles. The fourth-order valence-corrected chi connectivity index (χ4v) is 5.01. The quantitative estimate of drug-likeness (QED) is 0.195. The van der Waals surface area contributed by atoms with Crippen LogP contribution in [0.25, 0.3) is 28.2 Å². The Morgan fingerprint density at radius 2 is 1.58 bits per heavy atom. The van der Waals surface area contributed by atoms with E-state index < -0.39 is 29.1 Å². The zero-order valence-electron chi connectivity index (χ0n) is 20.5. The summed E-state index contributed by atoms with van der Waals surface area (Å²) in [7, 11) is 0. The molecule has 2 aromatic heterocycles. The number of ketones is 1. The van der Waals surface area contributed by atoms with Crippen molar-refractivity contribution in [2.24, 2.45) is 0 Å². The molecule has 2 heterocycles. The first-order valence-corrected chi connectivity index (χ1v) is 12.2. The van der Waals surface area contributed by atoms with Gasteiger partial charge >= 0.3 is 6.18 Å². The van der Waals surface area contributed by atoms with E-state index >= 15 is 0 Å². The van der Waals surface area contributed by atoms with Crippen molar-refractivity contribution in [2.45, 2.75) is 50.6 Å². The van der Waals surface area contributed by atoms with Gasteiger partial charge in [0.1, 0.15) is 0 Å². The molecule has 0 aliphatic heterocycles. The molecule has 1 aliphatic rings. The van der Waals surface area contributed by atoms with Gasteiger partial charge in [-0.3, -0.25) is 4.79 Å². The van der Waals surface area contributed by atoms with E-state index in [0.29, 0.717) is 28.8 Å². The predicted octanol–water partition coefficient (Wildman–Crippen LogP) is 8.12. The first kappa shape index (κ1) is 25.8.